The maximum atomic E-state index is 11.7. The summed E-state index contributed by atoms with van der Waals surface area (Å²) < 4.78 is 17.1. The van der Waals surface area contributed by atoms with E-state index in [-0.39, 0.29) is 5.63 Å². The normalized spacial score (nSPS) is 24.2. The Balaban J connectivity index is 1.69. The topological polar surface area (TPSA) is 53.1 Å². The van der Waals surface area contributed by atoms with Gasteiger partial charge in [0, 0.05) is 18.1 Å². The number of hydrogen-bond acceptors (Lipinski definition) is 4. The number of ether oxygens (including phenoxy) is 2. The van der Waals surface area contributed by atoms with Crippen LogP contribution in [0.2, 0.25) is 0 Å². The third-order valence-electron chi connectivity index (χ3n) is 4.58. The molecule has 0 radical (unpaired) electrons. The zero-order chi connectivity index (χ0) is 15.1. The predicted molar refractivity (Wildman–Crippen MR) is 81.2 cm³/mol. The lowest BCUT2D eigenvalue weighted by Gasteiger charge is -2.28. The molecule has 1 aromatic heterocycles. The van der Waals surface area contributed by atoms with Crippen molar-refractivity contribution in [3.05, 3.63) is 39.7 Å². The van der Waals surface area contributed by atoms with Gasteiger partial charge < -0.3 is 13.9 Å². The number of rotatable bonds is 2. The van der Waals surface area contributed by atoms with Gasteiger partial charge in [0.2, 0.25) is 6.73 Å². The fourth-order valence-corrected chi connectivity index (χ4v) is 3.46. The van der Waals surface area contributed by atoms with Crippen molar-refractivity contribution in [1.82, 2.24) is 0 Å². The molecule has 2 aromatic rings. The molecular formula is C17H20NO4+. The lowest BCUT2D eigenvalue weighted by Crippen LogP contribution is -3.13. The number of aryl methyl sites for hydroxylation is 1. The zero-order valence-corrected chi connectivity index (χ0v) is 12.7. The molecule has 1 saturated heterocycles. The first-order valence-corrected chi connectivity index (χ1v) is 7.85. The molecule has 116 valence electrons. The zero-order valence-electron chi connectivity index (χ0n) is 12.7. The van der Waals surface area contributed by atoms with Crippen LogP contribution in [0.4, 0.5) is 0 Å². The van der Waals surface area contributed by atoms with Crippen molar-refractivity contribution in [3.8, 4) is 5.75 Å². The Kier molecular flexibility index (Phi) is 3.39. The standard InChI is InChI=1S/C17H19NO4/c1-11-7-16(19)22-17-13(11)4-5-15-14(17)9-18(10-21-15)8-12-3-2-6-20-12/h4-5,7,12H,2-3,6,8-10H2,1H3/p+1/t12-/m0/s1. The van der Waals surface area contributed by atoms with Crippen LogP contribution in [0.3, 0.4) is 0 Å². The van der Waals surface area contributed by atoms with E-state index >= 15 is 0 Å². The highest BCUT2D eigenvalue weighted by atomic mass is 16.5. The van der Waals surface area contributed by atoms with E-state index in [4.69, 9.17) is 13.9 Å². The van der Waals surface area contributed by atoms with Crippen molar-refractivity contribution in [2.45, 2.75) is 32.4 Å². The van der Waals surface area contributed by atoms with Gasteiger partial charge in [-0.05, 0) is 37.5 Å². The Morgan fingerprint density at radius 1 is 1.36 bits per heavy atom. The summed E-state index contributed by atoms with van der Waals surface area (Å²) >= 11 is 0. The van der Waals surface area contributed by atoms with Crippen LogP contribution in [0.5, 0.6) is 5.75 Å². The number of fused-ring (bicyclic) bond motifs is 3. The largest absolute Gasteiger partial charge is 0.445 e. The molecule has 1 N–H and O–H groups in total. The molecule has 22 heavy (non-hydrogen) atoms. The van der Waals surface area contributed by atoms with Gasteiger partial charge >= 0.3 is 5.63 Å². The quantitative estimate of drug-likeness (QED) is 0.842. The second kappa shape index (κ2) is 5.41. The Morgan fingerprint density at radius 3 is 3.09 bits per heavy atom. The summed E-state index contributed by atoms with van der Waals surface area (Å²) in [6.45, 7) is 5.18. The summed E-state index contributed by atoms with van der Waals surface area (Å²) in [4.78, 5) is 13.0. The Labute approximate surface area is 128 Å². The molecule has 2 aliphatic rings. The molecule has 0 bridgehead atoms. The molecule has 2 atom stereocenters. The van der Waals surface area contributed by atoms with Crippen molar-refractivity contribution in [1.29, 1.82) is 0 Å². The van der Waals surface area contributed by atoms with E-state index in [0.717, 1.165) is 54.8 Å². The van der Waals surface area contributed by atoms with Crippen molar-refractivity contribution in [3.63, 3.8) is 0 Å². The summed E-state index contributed by atoms with van der Waals surface area (Å²) in [7, 11) is 0. The predicted octanol–water partition coefficient (Wildman–Crippen LogP) is 1.02. The van der Waals surface area contributed by atoms with Crippen LogP contribution in [0, 0.1) is 6.92 Å². The molecule has 0 aliphatic carbocycles. The lowest BCUT2D eigenvalue weighted by molar-refractivity contribution is -0.935. The SMILES string of the molecule is Cc1cc(=O)oc2c3c(ccc12)OC[NH+](C[C@@H]1CCCO1)C3. The van der Waals surface area contributed by atoms with E-state index in [2.05, 4.69) is 0 Å². The van der Waals surface area contributed by atoms with E-state index in [1.807, 2.05) is 19.1 Å². The second-order valence-electron chi connectivity index (χ2n) is 6.22. The first-order valence-electron chi connectivity index (χ1n) is 7.85. The summed E-state index contributed by atoms with van der Waals surface area (Å²) in [6, 6.07) is 5.49. The minimum absolute atomic E-state index is 0.301. The van der Waals surface area contributed by atoms with Gasteiger partial charge in [-0.1, -0.05) is 0 Å². The average Bonchev–Trinajstić information content (AvgIpc) is 3.00. The van der Waals surface area contributed by atoms with Crippen LogP contribution < -0.4 is 15.3 Å². The third-order valence-corrected chi connectivity index (χ3v) is 4.58. The number of quaternary nitrogens is 1. The first kappa shape index (κ1) is 13.8. The highest BCUT2D eigenvalue weighted by Gasteiger charge is 2.28. The van der Waals surface area contributed by atoms with Crippen LogP contribution in [0.15, 0.2) is 27.4 Å². The van der Waals surface area contributed by atoms with Crippen LogP contribution in [-0.2, 0) is 11.3 Å². The van der Waals surface area contributed by atoms with Crippen LogP contribution >= 0.6 is 0 Å². The average molecular weight is 302 g/mol. The van der Waals surface area contributed by atoms with Crippen molar-refractivity contribution < 1.29 is 18.8 Å². The van der Waals surface area contributed by atoms with E-state index < -0.39 is 0 Å². The molecule has 5 heteroatoms. The summed E-state index contributed by atoms with van der Waals surface area (Å²) in [5.74, 6) is 0.831. The molecule has 0 amide bonds. The summed E-state index contributed by atoms with van der Waals surface area (Å²) in [5.41, 5.74) is 2.31. The minimum Gasteiger partial charge on any atom is -0.445 e. The van der Waals surface area contributed by atoms with E-state index in [0.29, 0.717) is 18.4 Å². The number of hydrogen-bond donors (Lipinski definition) is 1. The molecule has 1 fully saturated rings. The number of nitrogens with one attached hydrogen (secondary N) is 1. The molecule has 2 aliphatic heterocycles. The maximum Gasteiger partial charge on any atom is 0.336 e. The highest BCUT2D eigenvalue weighted by molar-refractivity contribution is 5.84. The highest BCUT2D eigenvalue weighted by Crippen LogP contribution is 2.29. The van der Waals surface area contributed by atoms with Gasteiger partial charge in [-0.15, -0.1) is 0 Å². The Bertz CT molecular complexity index is 761. The molecule has 1 unspecified atom stereocenters. The van der Waals surface area contributed by atoms with Crippen molar-refractivity contribution in [2.24, 2.45) is 0 Å². The maximum absolute atomic E-state index is 11.7. The fraction of sp³-hybridized carbons (Fsp3) is 0.471. The summed E-state index contributed by atoms with van der Waals surface area (Å²) in [6.07, 6.45) is 2.59. The van der Waals surface area contributed by atoms with E-state index in [9.17, 15) is 4.79 Å². The molecule has 0 spiro atoms. The molecule has 4 rings (SSSR count). The molecular weight excluding hydrogens is 282 g/mol. The van der Waals surface area contributed by atoms with Crippen molar-refractivity contribution >= 4 is 11.0 Å². The Morgan fingerprint density at radius 2 is 2.27 bits per heavy atom. The lowest BCUT2D eigenvalue weighted by atomic mass is 10.0. The third kappa shape index (κ3) is 2.40. The van der Waals surface area contributed by atoms with Crippen LogP contribution in [0.25, 0.3) is 11.0 Å². The van der Waals surface area contributed by atoms with Gasteiger partial charge in [-0.2, -0.15) is 0 Å². The Hall–Kier alpha value is -1.85. The molecule has 0 saturated carbocycles. The molecule has 3 heterocycles. The van der Waals surface area contributed by atoms with Gasteiger partial charge in [0.25, 0.3) is 0 Å². The van der Waals surface area contributed by atoms with Gasteiger partial charge in [0.15, 0.2) is 5.58 Å². The van der Waals surface area contributed by atoms with Gasteiger partial charge in [0.05, 0.1) is 5.56 Å². The number of benzene rings is 1. The van der Waals surface area contributed by atoms with Gasteiger partial charge in [0.1, 0.15) is 24.9 Å². The van der Waals surface area contributed by atoms with Crippen molar-refractivity contribution in [2.75, 3.05) is 19.9 Å². The summed E-state index contributed by atoms with van der Waals surface area (Å²) in [5, 5.41) is 0.986. The van der Waals surface area contributed by atoms with E-state index in [1.165, 1.54) is 11.0 Å². The van der Waals surface area contributed by atoms with Gasteiger partial charge in [-0.3, -0.25) is 4.90 Å². The van der Waals surface area contributed by atoms with Crippen LogP contribution in [-0.4, -0.2) is 26.0 Å². The van der Waals surface area contributed by atoms with E-state index in [1.54, 1.807) is 0 Å². The second-order valence-corrected chi connectivity index (χ2v) is 6.22. The molecule has 5 nitrogen and oxygen atoms in total. The van der Waals surface area contributed by atoms with Crippen LogP contribution in [0.1, 0.15) is 24.0 Å². The minimum atomic E-state index is -0.301. The smallest absolute Gasteiger partial charge is 0.336 e. The van der Waals surface area contributed by atoms with Gasteiger partial charge in [-0.25, -0.2) is 4.79 Å². The monoisotopic (exact) mass is 302 g/mol. The molecule has 1 aromatic carbocycles. The fourth-order valence-electron chi connectivity index (χ4n) is 3.46. The first-order chi connectivity index (χ1) is 10.7.